The van der Waals surface area contributed by atoms with E-state index in [-0.39, 0.29) is 0 Å². The molecular weight excluding hydrogens is 172 g/mol. The number of likely N-dealkylation sites (tertiary alicyclic amines) is 1. The fourth-order valence-electron chi connectivity index (χ4n) is 2.40. The molecule has 2 unspecified atom stereocenters. The Labute approximate surface area is 88.8 Å². The van der Waals surface area contributed by atoms with Gasteiger partial charge in [-0.15, -0.1) is 0 Å². The lowest BCUT2D eigenvalue weighted by molar-refractivity contribution is 0.215. The average Bonchev–Trinajstić information content (AvgIpc) is 2.41. The lowest BCUT2D eigenvalue weighted by Gasteiger charge is -2.26. The van der Waals surface area contributed by atoms with Gasteiger partial charge in [-0.3, -0.25) is 4.90 Å². The Morgan fingerprint density at radius 1 is 1.21 bits per heavy atom. The number of hydrogen-bond acceptors (Lipinski definition) is 2. The Balaban J connectivity index is 2.40. The van der Waals surface area contributed by atoms with Gasteiger partial charge in [-0.2, -0.15) is 0 Å². The summed E-state index contributed by atoms with van der Waals surface area (Å²) in [7, 11) is 0. The van der Waals surface area contributed by atoms with Crippen LogP contribution in [-0.4, -0.2) is 30.6 Å². The third-order valence-electron chi connectivity index (χ3n) is 3.71. The molecule has 0 saturated carbocycles. The van der Waals surface area contributed by atoms with E-state index in [0.717, 1.165) is 18.4 Å². The van der Waals surface area contributed by atoms with Crippen LogP contribution in [0.5, 0.6) is 0 Å². The number of nitrogens with two attached hydrogens (primary N) is 1. The predicted molar refractivity (Wildman–Crippen MR) is 62.3 cm³/mol. The maximum absolute atomic E-state index is 5.71. The molecule has 0 radical (unpaired) electrons. The van der Waals surface area contributed by atoms with Gasteiger partial charge >= 0.3 is 0 Å². The highest BCUT2D eigenvalue weighted by Gasteiger charge is 2.21. The van der Waals surface area contributed by atoms with Gasteiger partial charge in [0.2, 0.25) is 0 Å². The standard InChI is InChI=1S/C12H26N2/c1-10(2)12-5-4-7-14(8-6-12)11(3)9-13/h10-12H,4-9,13H2,1-3H3. The molecular formula is C12H26N2. The van der Waals surface area contributed by atoms with E-state index >= 15 is 0 Å². The maximum Gasteiger partial charge on any atom is 0.0190 e. The summed E-state index contributed by atoms with van der Waals surface area (Å²) in [6.45, 7) is 10.3. The first-order valence-electron chi connectivity index (χ1n) is 6.09. The molecule has 2 atom stereocenters. The molecule has 1 fully saturated rings. The molecule has 84 valence electrons. The van der Waals surface area contributed by atoms with E-state index in [1.54, 1.807) is 0 Å². The highest BCUT2D eigenvalue weighted by atomic mass is 15.2. The Morgan fingerprint density at radius 2 is 1.93 bits per heavy atom. The zero-order valence-electron chi connectivity index (χ0n) is 10.00. The zero-order chi connectivity index (χ0) is 10.6. The molecule has 1 saturated heterocycles. The Bertz CT molecular complexity index is 156. The highest BCUT2D eigenvalue weighted by molar-refractivity contribution is 4.75. The maximum atomic E-state index is 5.71. The summed E-state index contributed by atoms with van der Waals surface area (Å²) in [5.74, 6) is 1.79. The molecule has 1 heterocycles. The second-order valence-electron chi connectivity index (χ2n) is 5.06. The largest absolute Gasteiger partial charge is 0.329 e. The van der Waals surface area contributed by atoms with E-state index in [2.05, 4.69) is 25.7 Å². The molecule has 0 aromatic carbocycles. The van der Waals surface area contributed by atoms with Crippen LogP contribution in [0.2, 0.25) is 0 Å². The van der Waals surface area contributed by atoms with Crippen molar-refractivity contribution in [2.45, 2.75) is 46.1 Å². The van der Waals surface area contributed by atoms with E-state index in [9.17, 15) is 0 Å². The normalized spacial score (nSPS) is 27.6. The molecule has 2 N–H and O–H groups in total. The molecule has 0 bridgehead atoms. The highest BCUT2D eigenvalue weighted by Crippen LogP contribution is 2.25. The van der Waals surface area contributed by atoms with Crippen LogP contribution in [0, 0.1) is 11.8 Å². The molecule has 2 heteroatoms. The summed E-state index contributed by atoms with van der Waals surface area (Å²) in [6, 6.07) is 0.570. The molecule has 1 aliphatic heterocycles. The minimum absolute atomic E-state index is 0.570. The molecule has 1 aliphatic rings. The molecule has 0 amide bonds. The van der Waals surface area contributed by atoms with Gasteiger partial charge in [0.1, 0.15) is 0 Å². The summed E-state index contributed by atoms with van der Waals surface area (Å²) >= 11 is 0. The topological polar surface area (TPSA) is 29.3 Å². The number of rotatable bonds is 3. The first-order valence-corrected chi connectivity index (χ1v) is 6.09. The summed E-state index contributed by atoms with van der Waals surface area (Å²) in [5.41, 5.74) is 5.71. The molecule has 0 aromatic rings. The van der Waals surface area contributed by atoms with Crippen LogP contribution in [-0.2, 0) is 0 Å². The zero-order valence-corrected chi connectivity index (χ0v) is 10.00. The van der Waals surface area contributed by atoms with Gasteiger partial charge < -0.3 is 5.73 Å². The van der Waals surface area contributed by atoms with Crippen LogP contribution >= 0.6 is 0 Å². The minimum atomic E-state index is 0.570. The van der Waals surface area contributed by atoms with Gasteiger partial charge in [-0.1, -0.05) is 13.8 Å². The van der Waals surface area contributed by atoms with E-state index in [1.807, 2.05) is 0 Å². The molecule has 0 aliphatic carbocycles. The fraction of sp³-hybridized carbons (Fsp3) is 1.00. The molecule has 14 heavy (non-hydrogen) atoms. The van der Waals surface area contributed by atoms with E-state index in [1.165, 1.54) is 32.4 Å². The second kappa shape index (κ2) is 5.72. The van der Waals surface area contributed by atoms with Gasteiger partial charge in [0.25, 0.3) is 0 Å². The Hall–Kier alpha value is -0.0800. The lowest BCUT2D eigenvalue weighted by atomic mass is 9.89. The van der Waals surface area contributed by atoms with Gasteiger partial charge in [0.05, 0.1) is 0 Å². The first-order chi connectivity index (χ1) is 6.65. The van der Waals surface area contributed by atoms with Crippen LogP contribution in [0.15, 0.2) is 0 Å². The number of nitrogens with zero attached hydrogens (tertiary/aromatic N) is 1. The van der Waals surface area contributed by atoms with Crippen molar-refractivity contribution in [2.75, 3.05) is 19.6 Å². The first kappa shape index (κ1) is 12.0. The van der Waals surface area contributed by atoms with E-state index in [0.29, 0.717) is 6.04 Å². The third kappa shape index (κ3) is 3.25. The summed E-state index contributed by atoms with van der Waals surface area (Å²) in [5, 5.41) is 0. The van der Waals surface area contributed by atoms with Gasteiger partial charge in [0.15, 0.2) is 0 Å². The Kier molecular flexibility index (Phi) is 4.90. The summed E-state index contributed by atoms with van der Waals surface area (Å²) in [6.07, 6.45) is 4.13. The van der Waals surface area contributed by atoms with Crippen molar-refractivity contribution < 1.29 is 0 Å². The van der Waals surface area contributed by atoms with Crippen LogP contribution in [0.1, 0.15) is 40.0 Å². The van der Waals surface area contributed by atoms with Crippen molar-refractivity contribution in [1.82, 2.24) is 4.90 Å². The Morgan fingerprint density at radius 3 is 2.50 bits per heavy atom. The van der Waals surface area contributed by atoms with Crippen molar-refractivity contribution in [3.8, 4) is 0 Å². The lowest BCUT2D eigenvalue weighted by Crippen LogP contribution is -2.39. The van der Waals surface area contributed by atoms with Gasteiger partial charge in [0, 0.05) is 12.6 Å². The molecule has 0 aromatic heterocycles. The van der Waals surface area contributed by atoms with Crippen molar-refractivity contribution in [1.29, 1.82) is 0 Å². The quantitative estimate of drug-likeness (QED) is 0.752. The van der Waals surface area contributed by atoms with Crippen molar-refractivity contribution in [2.24, 2.45) is 17.6 Å². The molecule has 1 rings (SSSR count). The van der Waals surface area contributed by atoms with Crippen molar-refractivity contribution in [3.05, 3.63) is 0 Å². The van der Waals surface area contributed by atoms with Crippen LogP contribution in [0.25, 0.3) is 0 Å². The smallest absolute Gasteiger partial charge is 0.0190 e. The minimum Gasteiger partial charge on any atom is -0.329 e. The third-order valence-corrected chi connectivity index (χ3v) is 3.71. The van der Waals surface area contributed by atoms with Crippen LogP contribution in [0.3, 0.4) is 0 Å². The second-order valence-corrected chi connectivity index (χ2v) is 5.06. The van der Waals surface area contributed by atoms with E-state index < -0.39 is 0 Å². The summed E-state index contributed by atoms with van der Waals surface area (Å²) < 4.78 is 0. The predicted octanol–water partition coefficient (Wildman–Crippen LogP) is 2.09. The fourth-order valence-corrected chi connectivity index (χ4v) is 2.40. The average molecular weight is 198 g/mol. The van der Waals surface area contributed by atoms with E-state index in [4.69, 9.17) is 5.73 Å². The summed E-state index contributed by atoms with van der Waals surface area (Å²) in [4.78, 5) is 2.56. The van der Waals surface area contributed by atoms with Crippen LogP contribution in [0.4, 0.5) is 0 Å². The van der Waals surface area contributed by atoms with Crippen molar-refractivity contribution >= 4 is 0 Å². The van der Waals surface area contributed by atoms with Gasteiger partial charge in [-0.05, 0) is 51.1 Å². The molecule has 2 nitrogen and oxygen atoms in total. The SMILES string of the molecule is CC(C)C1CCCN(C(C)CN)CC1. The molecule has 0 spiro atoms. The van der Waals surface area contributed by atoms with Crippen molar-refractivity contribution in [3.63, 3.8) is 0 Å². The van der Waals surface area contributed by atoms with Gasteiger partial charge in [-0.25, -0.2) is 0 Å². The monoisotopic (exact) mass is 198 g/mol. The number of hydrogen-bond donors (Lipinski definition) is 1. The van der Waals surface area contributed by atoms with Crippen LogP contribution < -0.4 is 5.73 Å².